The highest BCUT2D eigenvalue weighted by Gasteiger charge is 2.35. The second-order valence-electron chi connectivity index (χ2n) is 6.50. The summed E-state index contributed by atoms with van der Waals surface area (Å²) in [5.74, 6) is -0.597. The van der Waals surface area contributed by atoms with Crippen LogP contribution in [0.5, 0.6) is 0 Å². The first-order valence-corrected chi connectivity index (χ1v) is 11.4. The zero-order chi connectivity index (χ0) is 23.6. The number of amides is 1. The number of nitrogens with one attached hydrogen (secondary N) is 2. The highest BCUT2D eigenvalue weighted by Crippen LogP contribution is 2.30. The summed E-state index contributed by atoms with van der Waals surface area (Å²) >= 11 is 1.02. The van der Waals surface area contributed by atoms with Crippen LogP contribution in [0.15, 0.2) is 71.2 Å². The largest absolute Gasteiger partial charge is 0.433 e. The lowest BCUT2D eigenvalue weighted by atomic mass is 10.1. The van der Waals surface area contributed by atoms with Crippen LogP contribution in [0.3, 0.4) is 0 Å². The number of rotatable bonds is 6. The van der Waals surface area contributed by atoms with Gasteiger partial charge in [0.15, 0.2) is 0 Å². The van der Waals surface area contributed by atoms with Crippen molar-refractivity contribution in [2.45, 2.75) is 11.1 Å². The van der Waals surface area contributed by atoms with E-state index in [2.05, 4.69) is 25.3 Å². The number of anilines is 2. The molecule has 0 saturated carbocycles. The second-order valence-corrected chi connectivity index (χ2v) is 9.02. The summed E-state index contributed by atoms with van der Waals surface area (Å²) in [7, 11) is -3.88. The highest BCUT2D eigenvalue weighted by atomic mass is 32.2. The zero-order valence-electron chi connectivity index (χ0n) is 16.3. The van der Waals surface area contributed by atoms with Gasteiger partial charge in [-0.05, 0) is 48.5 Å². The van der Waals surface area contributed by atoms with Crippen LogP contribution in [0.4, 0.5) is 24.0 Å². The monoisotopic (exact) mass is 494 g/mol. The van der Waals surface area contributed by atoms with Crippen molar-refractivity contribution in [1.29, 1.82) is 0 Å². The van der Waals surface area contributed by atoms with E-state index in [9.17, 15) is 26.4 Å². The summed E-state index contributed by atoms with van der Waals surface area (Å²) in [6.07, 6.45) is -3.59. The number of benzene rings is 2. The van der Waals surface area contributed by atoms with Crippen LogP contribution in [-0.2, 0) is 16.2 Å². The summed E-state index contributed by atoms with van der Waals surface area (Å²) in [6.45, 7) is 0. The van der Waals surface area contributed by atoms with Crippen molar-refractivity contribution in [2.24, 2.45) is 0 Å². The van der Waals surface area contributed by atoms with Crippen molar-refractivity contribution in [3.8, 4) is 5.69 Å². The van der Waals surface area contributed by atoms with E-state index in [0.717, 1.165) is 23.6 Å². The maximum absolute atomic E-state index is 13.1. The lowest BCUT2D eigenvalue weighted by Gasteiger charge is -2.12. The molecular formula is C19H13F3N6O3S2. The number of aromatic nitrogens is 4. The fourth-order valence-corrected chi connectivity index (χ4v) is 4.51. The SMILES string of the molecule is O=C(Nc1ccc(S(=O)(=O)Nc2nncs2)cc1)c1cccc(-n2nccc2C(F)(F)F)c1. The quantitative estimate of drug-likeness (QED) is 0.421. The fourth-order valence-electron chi connectivity index (χ4n) is 2.81. The van der Waals surface area contributed by atoms with Crippen LogP contribution in [0.2, 0.25) is 0 Å². The maximum atomic E-state index is 13.1. The fraction of sp³-hybridized carbons (Fsp3) is 0.0526. The van der Waals surface area contributed by atoms with Gasteiger partial charge in [-0.3, -0.25) is 9.52 Å². The van der Waals surface area contributed by atoms with Gasteiger partial charge >= 0.3 is 6.18 Å². The molecule has 0 atom stereocenters. The molecule has 0 radical (unpaired) electrons. The standard InChI is InChI=1S/C19H13F3N6O3S2/c20-19(21,22)16-8-9-24-28(16)14-3-1-2-12(10-14)17(29)25-13-4-6-15(7-5-13)33(30,31)27-18-26-23-11-32-18/h1-11H,(H,25,29)(H,26,27). The Balaban J connectivity index is 1.50. The molecule has 0 spiro atoms. The third-order valence-corrected chi connectivity index (χ3v) is 6.38. The molecule has 0 saturated heterocycles. The number of sulfonamides is 1. The molecule has 4 rings (SSSR count). The van der Waals surface area contributed by atoms with Crippen LogP contribution in [0.1, 0.15) is 16.1 Å². The van der Waals surface area contributed by atoms with Gasteiger partial charge in [0.25, 0.3) is 15.9 Å². The molecule has 2 aromatic carbocycles. The first-order chi connectivity index (χ1) is 15.6. The van der Waals surface area contributed by atoms with Crippen molar-refractivity contribution < 1.29 is 26.4 Å². The molecule has 2 N–H and O–H groups in total. The molecule has 2 aromatic heterocycles. The van der Waals surface area contributed by atoms with Crippen molar-refractivity contribution in [3.63, 3.8) is 0 Å². The number of carbonyl (C=O) groups is 1. The molecule has 33 heavy (non-hydrogen) atoms. The Labute approximate surface area is 189 Å². The van der Waals surface area contributed by atoms with Gasteiger partial charge in [-0.1, -0.05) is 17.4 Å². The number of alkyl halides is 3. The Bertz CT molecular complexity index is 1380. The second kappa shape index (κ2) is 8.63. The molecule has 1 amide bonds. The van der Waals surface area contributed by atoms with E-state index in [1.54, 1.807) is 0 Å². The smallest absolute Gasteiger partial charge is 0.322 e. The van der Waals surface area contributed by atoms with E-state index < -0.39 is 27.8 Å². The lowest BCUT2D eigenvalue weighted by molar-refractivity contribution is -0.142. The highest BCUT2D eigenvalue weighted by molar-refractivity contribution is 7.93. The van der Waals surface area contributed by atoms with E-state index in [-0.39, 0.29) is 27.0 Å². The van der Waals surface area contributed by atoms with Crippen LogP contribution >= 0.6 is 11.3 Å². The molecule has 0 bridgehead atoms. The first kappa shape index (κ1) is 22.4. The van der Waals surface area contributed by atoms with Crippen LogP contribution in [0.25, 0.3) is 5.69 Å². The predicted octanol–water partition coefficient (Wildman–Crippen LogP) is 3.80. The summed E-state index contributed by atoms with van der Waals surface area (Å²) in [5.41, 5.74) is 0.839. The molecule has 9 nitrogen and oxygen atoms in total. The van der Waals surface area contributed by atoms with Gasteiger partial charge < -0.3 is 5.32 Å². The Morgan fingerprint density at radius 3 is 2.48 bits per heavy atom. The first-order valence-electron chi connectivity index (χ1n) is 9.05. The lowest BCUT2D eigenvalue weighted by Crippen LogP contribution is -2.15. The average molecular weight is 494 g/mol. The van der Waals surface area contributed by atoms with Gasteiger partial charge in [0.1, 0.15) is 11.2 Å². The maximum Gasteiger partial charge on any atom is 0.433 e. The van der Waals surface area contributed by atoms with Gasteiger partial charge in [-0.2, -0.15) is 18.3 Å². The average Bonchev–Trinajstić information content (AvgIpc) is 3.46. The van der Waals surface area contributed by atoms with E-state index in [1.807, 2.05) is 0 Å². The number of halogens is 3. The van der Waals surface area contributed by atoms with Crippen molar-refractivity contribution in [2.75, 3.05) is 10.0 Å². The van der Waals surface area contributed by atoms with Crippen LogP contribution in [-0.4, -0.2) is 34.3 Å². The Morgan fingerprint density at radius 2 is 1.82 bits per heavy atom. The predicted molar refractivity (Wildman–Crippen MR) is 114 cm³/mol. The summed E-state index contributed by atoms with van der Waals surface area (Å²) in [5, 5.41) is 13.5. The van der Waals surface area contributed by atoms with Crippen molar-refractivity contribution >= 4 is 38.1 Å². The van der Waals surface area contributed by atoms with E-state index >= 15 is 0 Å². The molecule has 4 aromatic rings. The number of carbonyl (C=O) groups excluding carboxylic acids is 1. The topological polar surface area (TPSA) is 119 Å². The van der Waals surface area contributed by atoms with Gasteiger partial charge in [0, 0.05) is 11.3 Å². The Morgan fingerprint density at radius 1 is 1.06 bits per heavy atom. The van der Waals surface area contributed by atoms with Gasteiger partial charge in [-0.25, -0.2) is 13.1 Å². The summed E-state index contributed by atoms with van der Waals surface area (Å²) < 4.78 is 67.1. The minimum absolute atomic E-state index is 0.0592. The molecule has 0 aliphatic rings. The molecule has 0 aliphatic carbocycles. The molecule has 0 aliphatic heterocycles. The number of nitrogens with zero attached hydrogens (tertiary/aromatic N) is 4. The number of hydrogen-bond donors (Lipinski definition) is 2. The minimum atomic E-state index is -4.61. The molecule has 0 unspecified atom stereocenters. The van der Waals surface area contributed by atoms with Crippen LogP contribution in [0, 0.1) is 0 Å². The van der Waals surface area contributed by atoms with Gasteiger partial charge in [0.05, 0.1) is 16.8 Å². The van der Waals surface area contributed by atoms with Crippen molar-refractivity contribution in [3.05, 3.63) is 77.6 Å². The minimum Gasteiger partial charge on any atom is -0.322 e. The van der Waals surface area contributed by atoms with Crippen molar-refractivity contribution in [1.82, 2.24) is 20.0 Å². The zero-order valence-corrected chi connectivity index (χ0v) is 17.9. The van der Waals surface area contributed by atoms with E-state index in [1.165, 1.54) is 54.0 Å². The van der Waals surface area contributed by atoms with E-state index in [0.29, 0.717) is 4.68 Å². The number of hydrogen-bond acceptors (Lipinski definition) is 7. The Hall–Kier alpha value is -3.78. The molecular weight excluding hydrogens is 481 g/mol. The molecule has 2 heterocycles. The molecule has 14 heteroatoms. The third-order valence-electron chi connectivity index (χ3n) is 4.29. The van der Waals surface area contributed by atoms with Crippen LogP contribution < -0.4 is 10.0 Å². The van der Waals surface area contributed by atoms with Gasteiger partial charge in [0.2, 0.25) is 5.13 Å². The van der Waals surface area contributed by atoms with E-state index in [4.69, 9.17) is 0 Å². The summed E-state index contributed by atoms with van der Waals surface area (Å²) in [6, 6.07) is 11.7. The van der Waals surface area contributed by atoms with Gasteiger partial charge in [-0.15, -0.1) is 10.2 Å². The molecule has 0 fully saturated rings. The Kier molecular flexibility index (Phi) is 5.86. The third kappa shape index (κ3) is 5.01. The summed E-state index contributed by atoms with van der Waals surface area (Å²) in [4.78, 5) is 12.5. The molecule has 170 valence electrons. The normalized spacial score (nSPS) is 11.8.